The number of carbonyl (C=O) groups is 4. The number of fused-ring (bicyclic) bond motifs is 3. The molecule has 0 saturated carbocycles. The van der Waals surface area contributed by atoms with Gasteiger partial charge in [-0.25, -0.2) is 0 Å². The normalized spacial score (nSPS) is 25.5. The van der Waals surface area contributed by atoms with E-state index < -0.39 is 23.7 Å². The van der Waals surface area contributed by atoms with Crippen LogP contribution in [0.2, 0.25) is 0 Å². The van der Waals surface area contributed by atoms with Crippen molar-refractivity contribution < 1.29 is 29.0 Å². The monoisotopic (exact) mass is 679 g/mol. The molecular weight excluding hydrogens is 654 g/mol. The minimum atomic E-state index is -0.675. The van der Waals surface area contributed by atoms with Crippen LogP contribution in [0, 0.1) is 17.8 Å². The van der Waals surface area contributed by atoms with E-state index in [-0.39, 0.29) is 41.3 Å². The molecule has 2 aromatic carbocycles. The van der Waals surface area contributed by atoms with Crippen LogP contribution >= 0.6 is 31.9 Å². The molecule has 4 unspecified atom stereocenters. The van der Waals surface area contributed by atoms with Crippen LogP contribution in [-0.2, 0) is 25.6 Å². The van der Waals surface area contributed by atoms with Crippen LogP contribution < -0.4 is 9.64 Å². The van der Waals surface area contributed by atoms with Crippen molar-refractivity contribution in [2.45, 2.75) is 39.0 Å². The zero-order valence-corrected chi connectivity index (χ0v) is 25.8. The van der Waals surface area contributed by atoms with E-state index in [1.165, 1.54) is 18.1 Å². The van der Waals surface area contributed by atoms with E-state index in [0.29, 0.717) is 43.3 Å². The minimum absolute atomic E-state index is 0.106. The number of ether oxygens (including phenoxy) is 1. The van der Waals surface area contributed by atoms with Crippen molar-refractivity contribution in [3.05, 3.63) is 84.8 Å². The Labute approximate surface area is 254 Å². The summed E-state index contributed by atoms with van der Waals surface area (Å²) in [5.74, 6) is -3.27. The molecule has 41 heavy (non-hydrogen) atoms. The number of Topliss-reactive ketones (excluding diaryl/α,β-unsaturated/α-hetero) is 1. The molecule has 0 aromatic heterocycles. The van der Waals surface area contributed by atoms with Gasteiger partial charge >= 0.3 is 0 Å². The zero-order chi connectivity index (χ0) is 29.3. The van der Waals surface area contributed by atoms with Gasteiger partial charge in [-0.1, -0.05) is 30.7 Å². The molecule has 0 bridgehead atoms. The average Bonchev–Trinajstić information content (AvgIpc) is 3.23. The summed E-state index contributed by atoms with van der Waals surface area (Å²) < 4.78 is 6.28. The number of benzene rings is 2. The van der Waals surface area contributed by atoms with E-state index in [1.54, 1.807) is 25.1 Å². The number of anilines is 1. The lowest BCUT2D eigenvalue weighted by Gasteiger charge is -2.42. The number of hydrogen-bond donors (Lipinski definition) is 1. The molecule has 210 valence electrons. The van der Waals surface area contributed by atoms with Crippen molar-refractivity contribution in [3.8, 4) is 11.5 Å². The predicted octanol–water partition coefficient (Wildman–Crippen LogP) is 6.12. The highest BCUT2D eigenvalue weighted by Gasteiger charge is 2.56. The number of ketones is 2. The van der Waals surface area contributed by atoms with Gasteiger partial charge in [-0.05, 0) is 99.4 Å². The maximum atomic E-state index is 14.1. The number of aryl methyl sites for hydroxylation is 1. The van der Waals surface area contributed by atoms with Crippen LogP contribution in [-0.4, -0.2) is 35.6 Å². The third kappa shape index (κ3) is 4.11. The Hall–Kier alpha value is -3.30. The quantitative estimate of drug-likeness (QED) is 0.237. The highest BCUT2D eigenvalue weighted by Crippen LogP contribution is 2.57. The summed E-state index contributed by atoms with van der Waals surface area (Å²) in [6.45, 7) is 3.66. The third-order valence-corrected chi connectivity index (χ3v) is 11.0. The summed E-state index contributed by atoms with van der Waals surface area (Å²) in [6.07, 6.45) is 4.72. The molecule has 2 aromatic rings. The van der Waals surface area contributed by atoms with Crippen LogP contribution in [0.4, 0.5) is 5.69 Å². The lowest BCUT2D eigenvalue weighted by Crippen LogP contribution is -2.40. The van der Waals surface area contributed by atoms with Crippen LogP contribution in [0.25, 0.3) is 0 Å². The number of rotatable bonds is 4. The number of phenolic OH excluding ortho intramolecular Hbond substituents is 1. The van der Waals surface area contributed by atoms with E-state index in [0.717, 1.165) is 17.6 Å². The van der Waals surface area contributed by atoms with Gasteiger partial charge in [0.1, 0.15) is 0 Å². The molecule has 1 saturated heterocycles. The first-order valence-corrected chi connectivity index (χ1v) is 15.1. The SMILES string of the molecule is CCc1ccc(N2C(=O)C3CC=C4C(c5cc(OC)c(O)c(Br)c5Br)C5=C(CC4C3C2=O)C(=O)C(C)=CC5=O)cc1. The number of imide groups is 1. The van der Waals surface area contributed by atoms with Crippen LogP contribution in [0.3, 0.4) is 0 Å². The number of nitrogens with zero attached hydrogens (tertiary/aromatic N) is 1. The molecule has 4 aliphatic rings. The second-order valence-electron chi connectivity index (χ2n) is 10.9. The van der Waals surface area contributed by atoms with Crippen molar-refractivity contribution in [3.63, 3.8) is 0 Å². The number of amides is 2. The highest BCUT2D eigenvalue weighted by atomic mass is 79.9. The maximum Gasteiger partial charge on any atom is 0.238 e. The molecule has 1 N–H and O–H groups in total. The van der Waals surface area contributed by atoms with Gasteiger partial charge in [0.05, 0.1) is 29.1 Å². The molecule has 4 atom stereocenters. The molecule has 2 amide bonds. The van der Waals surface area contributed by atoms with E-state index in [2.05, 4.69) is 31.9 Å². The van der Waals surface area contributed by atoms with Gasteiger partial charge in [0.15, 0.2) is 23.1 Å². The molecule has 1 aliphatic heterocycles. The fourth-order valence-corrected chi connectivity index (χ4v) is 7.81. The Bertz CT molecular complexity index is 1650. The molecule has 7 nitrogen and oxygen atoms in total. The summed E-state index contributed by atoms with van der Waals surface area (Å²) in [5, 5.41) is 10.6. The Morgan fingerprint density at radius 1 is 1.02 bits per heavy atom. The van der Waals surface area contributed by atoms with Crippen molar-refractivity contribution in [1.29, 1.82) is 0 Å². The van der Waals surface area contributed by atoms with Gasteiger partial charge in [-0.15, -0.1) is 0 Å². The Morgan fingerprint density at radius 2 is 1.73 bits per heavy atom. The van der Waals surface area contributed by atoms with Crippen molar-refractivity contribution >= 4 is 60.9 Å². The van der Waals surface area contributed by atoms with Gasteiger partial charge in [0.25, 0.3) is 0 Å². The van der Waals surface area contributed by atoms with E-state index in [9.17, 15) is 24.3 Å². The zero-order valence-electron chi connectivity index (χ0n) is 22.7. The number of hydrogen-bond acceptors (Lipinski definition) is 6. The van der Waals surface area contributed by atoms with Crippen molar-refractivity contribution in [2.75, 3.05) is 12.0 Å². The Kier molecular flexibility index (Phi) is 6.93. The summed E-state index contributed by atoms with van der Waals surface area (Å²) in [7, 11) is 1.43. The van der Waals surface area contributed by atoms with Crippen molar-refractivity contribution in [1.82, 2.24) is 0 Å². The molecule has 6 rings (SSSR count). The molecule has 1 heterocycles. The number of allylic oxidation sites excluding steroid dienone is 6. The summed E-state index contributed by atoms with van der Waals surface area (Å²) >= 11 is 7.01. The second kappa shape index (κ2) is 10.2. The average molecular weight is 681 g/mol. The van der Waals surface area contributed by atoms with E-state index in [4.69, 9.17) is 4.74 Å². The first-order valence-electron chi connectivity index (χ1n) is 13.5. The molecule has 9 heteroatoms. The smallest absolute Gasteiger partial charge is 0.238 e. The second-order valence-corrected chi connectivity index (χ2v) is 12.5. The molecular formula is C32H27Br2NO6. The summed E-state index contributed by atoms with van der Waals surface area (Å²) in [5.41, 5.74) is 4.18. The summed E-state index contributed by atoms with van der Waals surface area (Å²) in [4.78, 5) is 56.1. The van der Waals surface area contributed by atoms with Gasteiger partial charge in [0.2, 0.25) is 11.8 Å². The van der Waals surface area contributed by atoms with Crippen LogP contribution in [0.15, 0.2) is 73.7 Å². The van der Waals surface area contributed by atoms with Crippen LogP contribution in [0.1, 0.15) is 43.7 Å². The lowest BCUT2D eigenvalue weighted by molar-refractivity contribution is -0.123. The van der Waals surface area contributed by atoms with Crippen LogP contribution in [0.5, 0.6) is 11.5 Å². The van der Waals surface area contributed by atoms with Gasteiger partial charge in [-0.2, -0.15) is 0 Å². The number of aromatic hydroxyl groups is 1. The van der Waals surface area contributed by atoms with Gasteiger partial charge < -0.3 is 9.84 Å². The minimum Gasteiger partial charge on any atom is -0.503 e. The van der Waals surface area contributed by atoms with Crippen molar-refractivity contribution in [2.24, 2.45) is 17.8 Å². The predicted molar refractivity (Wildman–Crippen MR) is 160 cm³/mol. The van der Waals surface area contributed by atoms with Gasteiger partial charge in [-0.3, -0.25) is 24.1 Å². The summed E-state index contributed by atoms with van der Waals surface area (Å²) in [6, 6.07) is 9.11. The third-order valence-electron chi connectivity index (χ3n) is 8.87. The molecule has 1 fully saturated rings. The Balaban J connectivity index is 1.51. The van der Waals surface area contributed by atoms with E-state index >= 15 is 0 Å². The number of halogens is 2. The topological polar surface area (TPSA) is 101 Å². The molecule has 0 spiro atoms. The fourth-order valence-electron chi connectivity index (χ4n) is 6.85. The highest BCUT2D eigenvalue weighted by molar-refractivity contribution is 9.13. The standard InChI is InChI=1S/C32H27Br2NO6/c1-4-15-5-7-16(8-6-15)35-31(39)18-10-9-17-19(25(18)32(35)40)12-21-26(22(36)11-14(2)29(21)37)24(17)20-13-23(41-3)30(38)28(34)27(20)33/h5-9,11,13,18-19,24-25,38H,4,10,12H2,1-3H3. The number of phenols is 1. The Morgan fingerprint density at radius 3 is 2.39 bits per heavy atom. The first-order chi connectivity index (χ1) is 19.6. The number of methoxy groups -OCH3 is 1. The van der Waals surface area contributed by atoms with E-state index in [1.807, 2.05) is 25.1 Å². The molecule has 0 radical (unpaired) electrons. The lowest BCUT2D eigenvalue weighted by atomic mass is 9.59. The van der Waals surface area contributed by atoms with Gasteiger partial charge in [0, 0.05) is 27.1 Å². The number of carbonyl (C=O) groups excluding carboxylic acids is 4. The largest absolute Gasteiger partial charge is 0.503 e. The fraction of sp³-hybridized carbons (Fsp3) is 0.312. The maximum absolute atomic E-state index is 14.1. The first kappa shape index (κ1) is 27.8. The molecule has 3 aliphatic carbocycles.